The van der Waals surface area contributed by atoms with E-state index in [9.17, 15) is 5.11 Å². The van der Waals surface area contributed by atoms with E-state index in [2.05, 4.69) is 0 Å². The van der Waals surface area contributed by atoms with Crippen LogP contribution in [0.3, 0.4) is 0 Å². The van der Waals surface area contributed by atoms with Crippen LogP contribution in [-0.4, -0.2) is 109 Å². The van der Waals surface area contributed by atoms with Crippen LogP contribution >= 0.6 is 0 Å². The summed E-state index contributed by atoms with van der Waals surface area (Å²) >= 11 is 0. The first kappa shape index (κ1) is 39.8. The van der Waals surface area contributed by atoms with Crippen LogP contribution in [0, 0.1) is 0 Å². The van der Waals surface area contributed by atoms with Crippen LogP contribution in [0.15, 0.2) is 103 Å². The molecule has 9 aromatic rings. The lowest BCUT2D eigenvalue weighted by Crippen LogP contribution is -2.55. The molecule has 15 heteroatoms. The molecule has 24 radical (unpaired) electrons. The van der Waals surface area contributed by atoms with Crippen molar-refractivity contribution < 1.29 is 5.11 Å². The largest absolute Gasteiger partial charge is 0.509 e. The Morgan fingerprint density at radius 3 is 1.52 bits per heavy atom. The summed E-state index contributed by atoms with van der Waals surface area (Å²) in [6.45, 7) is 0. The number of nitrogens with zero attached hydrogens (tertiary/aromatic N) is 2. The fourth-order valence-corrected chi connectivity index (χ4v) is 8.39. The van der Waals surface area contributed by atoms with Gasteiger partial charge in [-0.15, -0.1) is 27.3 Å². The van der Waals surface area contributed by atoms with Crippen molar-refractivity contribution in [3.05, 3.63) is 103 Å². The van der Waals surface area contributed by atoms with Crippen molar-refractivity contribution >= 4 is 192 Å². The molecule has 250 valence electrons. The number of benzene rings is 8. The lowest BCUT2D eigenvalue weighted by Gasteiger charge is -2.28. The molecule has 0 saturated carbocycles. The molecule has 0 amide bonds. The standard InChI is InChI=1S/C45H18B12N2O/c46-32-27-25(19-11-8-12-20(17-19)59-24-16-7-6-15-23(24)58-45(59)31-35(49)40(54)42(56)41(55)36(31)50)28-30(34(48)43(57)44(60)37(28)51)26(29(27)33(47)39(53)38(32)52)22-14-5-4-13-21(22)18-9-2-1-3-10-18/h1-17,60H. The zero-order valence-corrected chi connectivity index (χ0v) is 32.1. The van der Waals surface area contributed by atoms with E-state index < -0.39 is 5.75 Å². The molecule has 3 nitrogen and oxygen atoms in total. The summed E-state index contributed by atoms with van der Waals surface area (Å²) in [5.41, 5.74) is 7.07. The summed E-state index contributed by atoms with van der Waals surface area (Å²) in [4.78, 5) is 4.97. The number of para-hydroxylation sites is 2. The second kappa shape index (κ2) is 14.8. The Labute approximate surface area is 364 Å². The van der Waals surface area contributed by atoms with Crippen molar-refractivity contribution in [3.63, 3.8) is 0 Å². The van der Waals surface area contributed by atoms with Gasteiger partial charge in [-0.2, -0.15) is 0 Å². The maximum Gasteiger partial charge on any atom is 0.144 e. The monoisotopic (exact) mass is 734 g/mol. The Bertz CT molecular complexity index is 3200. The van der Waals surface area contributed by atoms with Gasteiger partial charge in [0.1, 0.15) is 106 Å². The van der Waals surface area contributed by atoms with E-state index in [0.29, 0.717) is 66.3 Å². The molecule has 8 aromatic carbocycles. The maximum absolute atomic E-state index is 11.6. The fourth-order valence-electron chi connectivity index (χ4n) is 8.39. The molecule has 0 unspecified atom stereocenters. The Morgan fingerprint density at radius 2 is 0.867 bits per heavy atom. The molecule has 9 rings (SSSR count). The second-order valence-corrected chi connectivity index (χ2v) is 14.7. The molecular formula is C45H18B12N2O. The van der Waals surface area contributed by atoms with Crippen molar-refractivity contribution in [1.29, 1.82) is 0 Å². The third-order valence-corrected chi connectivity index (χ3v) is 11.4. The van der Waals surface area contributed by atoms with Gasteiger partial charge in [0.25, 0.3) is 0 Å². The Kier molecular flexibility index (Phi) is 9.81. The number of rotatable bonds is 5. The number of phenolic OH excluding ortho intramolecular Hbond substituents is 1. The van der Waals surface area contributed by atoms with E-state index in [1.54, 1.807) is 0 Å². The molecule has 0 fully saturated rings. The normalized spacial score (nSPS) is 11.5. The average molecular weight is 732 g/mol. The van der Waals surface area contributed by atoms with Gasteiger partial charge in [0, 0.05) is 11.3 Å². The summed E-state index contributed by atoms with van der Waals surface area (Å²) in [5, 5.41) is 13.2. The van der Waals surface area contributed by atoms with Crippen LogP contribution in [0.2, 0.25) is 0 Å². The summed E-state index contributed by atoms with van der Waals surface area (Å²) in [6.07, 6.45) is 0. The smallest absolute Gasteiger partial charge is 0.144 e. The minimum atomic E-state index is -0.402. The van der Waals surface area contributed by atoms with Gasteiger partial charge in [0.2, 0.25) is 0 Å². The quantitative estimate of drug-likeness (QED) is 0.154. The Balaban J connectivity index is 1.46. The third kappa shape index (κ3) is 5.79. The van der Waals surface area contributed by atoms with Gasteiger partial charge in [0.15, 0.2) is 0 Å². The third-order valence-electron chi connectivity index (χ3n) is 11.4. The van der Waals surface area contributed by atoms with E-state index >= 15 is 0 Å². The number of aromatic hydroxyl groups is 1. The predicted molar refractivity (Wildman–Crippen MR) is 264 cm³/mol. The van der Waals surface area contributed by atoms with Crippen molar-refractivity contribution in [1.82, 2.24) is 9.55 Å². The number of hydrogen-bond donors (Lipinski definition) is 1. The van der Waals surface area contributed by atoms with Gasteiger partial charge < -0.3 is 5.11 Å². The van der Waals surface area contributed by atoms with Crippen LogP contribution in [0.25, 0.3) is 83.0 Å². The first-order valence-electron chi connectivity index (χ1n) is 18.7. The van der Waals surface area contributed by atoms with Crippen LogP contribution in [0.5, 0.6) is 5.75 Å². The van der Waals surface area contributed by atoms with Gasteiger partial charge in [-0.05, 0) is 84.7 Å². The highest BCUT2D eigenvalue weighted by molar-refractivity contribution is 6.70. The highest BCUT2D eigenvalue weighted by atomic mass is 16.3. The molecule has 60 heavy (non-hydrogen) atoms. The Morgan fingerprint density at radius 1 is 0.383 bits per heavy atom. The first-order chi connectivity index (χ1) is 28.7. The summed E-state index contributed by atoms with van der Waals surface area (Å²) in [5.74, 6) is -0.0549. The van der Waals surface area contributed by atoms with Gasteiger partial charge in [0.05, 0.1) is 11.0 Å². The Hall–Kier alpha value is -5.67. The number of hydrogen-bond acceptors (Lipinski definition) is 2. The molecule has 0 aliphatic heterocycles. The van der Waals surface area contributed by atoms with Gasteiger partial charge in [-0.1, -0.05) is 112 Å². The molecule has 0 aliphatic rings. The van der Waals surface area contributed by atoms with Crippen molar-refractivity contribution in [2.75, 3.05) is 0 Å². The van der Waals surface area contributed by atoms with Gasteiger partial charge >= 0.3 is 0 Å². The zero-order valence-electron chi connectivity index (χ0n) is 32.1. The zero-order chi connectivity index (χ0) is 42.5. The van der Waals surface area contributed by atoms with Gasteiger partial charge in [-0.25, -0.2) is 4.98 Å². The summed E-state index contributed by atoms with van der Waals surface area (Å²) in [7, 11) is 80.1. The highest BCUT2D eigenvalue weighted by Crippen LogP contribution is 2.44. The van der Waals surface area contributed by atoms with E-state index in [4.69, 9.17) is 99.1 Å². The number of aromatic nitrogens is 2. The van der Waals surface area contributed by atoms with E-state index in [-0.39, 0.29) is 65.6 Å². The number of fused-ring (bicyclic) bond motifs is 3. The molecule has 0 saturated heterocycles. The van der Waals surface area contributed by atoms with Gasteiger partial charge in [-0.3, -0.25) is 4.57 Å². The molecule has 0 spiro atoms. The van der Waals surface area contributed by atoms with Crippen molar-refractivity contribution in [2.45, 2.75) is 0 Å². The van der Waals surface area contributed by atoms with Crippen LogP contribution in [0.1, 0.15) is 0 Å². The molecule has 1 aromatic heterocycles. The summed E-state index contributed by atoms with van der Waals surface area (Å²) < 4.78 is 1.88. The molecule has 0 aliphatic carbocycles. The lowest BCUT2D eigenvalue weighted by molar-refractivity contribution is 0.485. The molecule has 1 N–H and O–H groups in total. The minimum absolute atomic E-state index is 0.0482. The molecule has 0 bridgehead atoms. The van der Waals surface area contributed by atoms with Crippen LogP contribution < -0.4 is 65.6 Å². The lowest BCUT2D eigenvalue weighted by atomic mass is 9.60. The fraction of sp³-hybridized carbons (Fsp3) is 0. The second-order valence-electron chi connectivity index (χ2n) is 14.7. The van der Waals surface area contributed by atoms with E-state index in [1.807, 2.05) is 108 Å². The highest BCUT2D eigenvalue weighted by Gasteiger charge is 2.27. The molecule has 1 heterocycles. The first-order valence-corrected chi connectivity index (χ1v) is 18.7. The SMILES string of the molecule is [B]c1c([B])c([B])c(-c2nc3ccccc3n2-c2cccc(-c3c4c([B])c([B])c([B])c([B])c4c(-c4ccccc4-c4ccccc4)c4c([B])c([B])c(O)c([B])c34)c2)c([B])c1[B]. The minimum Gasteiger partial charge on any atom is -0.509 e. The maximum atomic E-state index is 11.6. The summed E-state index contributed by atoms with van der Waals surface area (Å²) in [6, 6.07) is 32.5. The number of imidazole rings is 1. The number of phenols is 1. The molecular weight excluding hydrogens is 714 g/mol. The van der Waals surface area contributed by atoms with Crippen LogP contribution in [0.4, 0.5) is 0 Å². The average Bonchev–Trinajstić information content (AvgIpc) is 3.65. The topological polar surface area (TPSA) is 38.0 Å². The molecule has 0 atom stereocenters. The van der Waals surface area contributed by atoms with Crippen molar-refractivity contribution in [2.24, 2.45) is 0 Å². The van der Waals surface area contributed by atoms with Crippen molar-refractivity contribution in [3.8, 4) is 56.2 Å². The van der Waals surface area contributed by atoms with E-state index in [1.165, 1.54) is 0 Å². The van der Waals surface area contributed by atoms with E-state index in [0.717, 1.165) is 16.7 Å². The predicted octanol–water partition coefficient (Wildman–Crippen LogP) is -2.77. The van der Waals surface area contributed by atoms with Crippen LogP contribution in [-0.2, 0) is 0 Å².